The highest BCUT2D eigenvalue weighted by atomic mass is 35.5. The summed E-state index contributed by atoms with van der Waals surface area (Å²) in [4.78, 5) is 15.8. The molecule has 0 fully saturated rings. The van der Waals surface area contributed by atoms with E-state index in [9.17, 15) is 13.6 Å². The number of aromatic nitrogens is 1. The molecular weight excluding hydrogens is 290 g/mol. The monoisotopic (exact) mass is 298 g/mol. The van der Waals surface area contributed by atoms with Crippen molar-refractivity contribution in [2.24, 2.45) is 5.84 Å². The summed E-state index contributed by atoms with van der Waals surface area (Å²) in [5.41, 5.74) is 1.47. The molecule has 0 aliphatic rings. The number of hydrogen-bond acceptors (Lipinski definition) is 4. The number of nitrogens with one attached hydrogen (secondary N) is 2. The molecule has 0 aliphatic carbocycles. The van der Waals surface area contributed by atoms with Crippen molar-refractivity contribution in [1.29, 1.82) is 0 Å². The van der Waals surface area contributed by atoms with Gasteiger partial charge in [-0.15, -0.1) is 0 Å². The summed E-state index contributed by atoms with van der Waals surface area (Å²) in [5, 5.41) is 2.11. The largest absolute Gasteiger partial charge is 0.316 e. The van der Waals surface area contributed by atoms with Gasteiger partial charge < -0.3 is 10.7 Å². The second-order valence-corrected chi connectivity index (χ2v) is 4.13. The maximum Gasteiger partial charge on any atom is 0.276 e. The highest BCUT2D eigenvalue weighted by Crippen LogP contribution is 2.21. The number of rotatable bonds is 3. The van der Waals surface area contributed by atoms with Gasteiger partial charge >= 0.3 is 0 Å². The average Bonchev–Trinajstić information content (AvgIpc) is 2.43. The van der Waals surface area contributed by atoms with Gasteiger partial charge in [-0.05, 0) is 24.3 Å². The average molecular weight is 299 g/mol. The van der Waals surface area contributed by atoms with E-state index in [0.717, 1.165) is 12.1 Å². The van der Waals surface area contributed by atoms with Crippen molar-refractivity contribution >= 4 is 29.0 Å². The van der Waals surface area contributed by atoms with Crippen molar-refractivity contribution < 1.29 is 13.6 Å². The molecule has 8 heteroatoms. The standard InChI is InChI=1S/C12H9ClF2N4O/c13-6-4-5-9(19-16)17-10(6)12(20)18-11-7(14)2-1-3-8(11)15/h1-5H,16H2,(H,17,19)(H,18,20). The summed E-state index contributed by atoms with van der Waals surface area (Å²) in [6.45, 7) is 0. The van der Waals surface area contributed by atoms with E-state index >= 15 is 0 Å². The van der Waals surface area contributed by atoms with E-state index in [1.807, 2.05) is 0 Å². The Hall–Kier alpha value is -2.25. The molecule has 1 heterocycles. The van der Waals surface area contributed by atoms with Gasteiger partial charge in [-0.2, -0.15) is 0 Å². The van der Waals surface area contributed by atoms with E-state index in [1.165, 1.54) is 18.2 Å². The third-order valence-corrected chi connectivity index (χ3v) is 2.72. The number of halogens is 3. The number of para-hydroxylation sites is 1. The smallest absolute Gasteiger partial charge is 0.276 e. The fourth-order valence-corrected chi connectivity index (χ4v) is 1.66. The Labute approximate surface area is 117 Å². The molecule has 1 aromatic heterocycles. The summed E-state index contributed by atoms with van der Waals surface area (Å²) >= 11 is 5.81. The second kappa shape index (κ2) is 5.81. The second-order valence-electron chi connectivity index (χ2n) is 3.72. The topological polar surface area (TPSA) is 80.0 Å². The minimum atomic E-state index is -0.900. The van der Waals surface area contributed by atoms with Crippen LogP contribution in [-0.2, 0) is 0 Å². The zero-order valence-corrected chi connectivity index (χ0v) is 10.7. The van der Waals surface area contributed by atoms with Crippen LogP contribution in [-0.4, -0.2) is 10.9 Å². The van der Waals surface area contributed by atoms with Crippen molar-refractivity contribution in [1.82, 2.24) is 4.98 Å². The van der Waals surface area contributed by atoms with Crippen LogP contribution in [0, 0.1) is 11.6 Å². The number of pyridine rings is 1. The molecule has 2 aromatic rings. The lowest BCUT2D eigenvalue weighted by atomic mass is 10.2. The van der Waals surface area contributed by atoms with Crippen LogP contribution in [0.1, 0.15) is 10.5 Å². The Balaban J connectivity index is 2.33. The number of amides is 1. The lowest BCUT2D eigenvalue weighted by molar-refractivity contribution is 0.102. The zero-order chi connectivity index (χ0) is 14.7. The van der Waals surface area contributed by atoms with E-state index < -0.39 is 23.2 Å². The molecule has 0 saturated carbocycles. The Kier molecular flexibility index (Phi) is 4.11. The van der Waals surface area contributed by atoms with Crippen molar-refractivity contribution in [2.75, 3.05) is 10.7 Å². The molecule has 1 aromatic carbocycles. The fourth-order valence-electron chi connectivity index (χ4n) is 1.47. The lowest BCUT2D eigenvalue weighted by Gasteiger charge is -2.09. The summed E-state index contributed by atoms with van der Waals surface area (Å²) in [7, 11) is 0. The molecule has 0 atom stereocenters. The SMILES string of the molecule is NNc1ccc(Cl)c(C(=O)Nc2c(F)cccc2F)n1. The maximum atomic E-state index is 13.4. The number of hydrogen-bond donors (Lipinski definition) is 3. The number of carbonyl (C=O) groups excluding carboxylic acids is 1. The fraction of sp³-hybridized carbons (Fsp3) is 0. The molecular formula is C12H9ClF2N4O. The van der Waals surface area contributed by atoms with Crippen molar-refractivity contribution in [2.45, 2.75) is 0 Å². The van der Waals surface area contributed by atoms with Crippen LogP contribution in [0.2, 0.25) is 5.02 Å². The number of benzene rings is 1. The number of hydrazine groups is 1. The van der Waals surface area contributed by atoms with E-state index in [2.05, 4.69) is 15.7 Å². The summed E-state index contributed by atoms with van der Waals surface area (Å²) in [6, 6.07) is 6.06. The predicted molar refractivity (Wildman–Crippen MR) is 71.4 cm³/mol. The van der Waals surface area contributed by atoms with Gasteiger partial charge in [-0.25, -0.2) is 19.6 Å². The molecule has 104 valence electrons. The molecule has 0 saturated heterocycles. The number of nitrogens with zero attached hydrogens (tertiary/aromatic N) is 1. The number of anilines is 2. The number of nitrogens with two attached hydrogens (primary N) is 1. The molecule has 5 nitrogen and oxygen atoms in total. The van der Waals surface area contributed by atoms with Crippen LogP contribution < -0.4 is 16.6 Å². The van der Waals surface area contributed by atoms with Gasteiger partial charge in [0.1, 0.15) is 28.8 Å². The third-order valence-electron chi connectivity index (χ3n) is 2.41. The summed E-state index contributed by atoms with van der Waals surface area (Å²) < 4.78 is 26.9. The molecule has 1 amide bonds. The van der Waals surface area contributed by atoms with E-state index in [0.29, 0.717) is 0 Å². The van der Waals surface area contributed by atoms with Crippen molar-refractivity contribution in [3.8, 4) is 0 Å². The van der Waals surface area contributed by atoms with Crippen molar-refractivity contribution in [3.63, 3.8) is 0 Å². The first kappa shape index (κ1) is 14.2. The predicted octanol–water partition coefficient (Wildman–Crippen LogP) is 2.55. The third kappa shape index (κ3) is 2.84. The van der Waals surface area contributed by atoms with Gasteiger partial charge in [-0.3, -0.25) is 4.79 Å². The maximum absolute atomic E-state index is 13.4. The van der Waals surface area contributed by atoms with Crippen LogP contribution in [0.5, 0.6) is 0 Å². The molecule has 20 heavy (non-hydrogen) atoms. The summed E-state index contributed by atoms with van der Waals surface area (Å²) in [5.74, 6) is 2.70. The summed E-state index contributed by atoms with van der Waals surface area (Å²) in [6.07, 6.45) is 0. The van der Waals surface area contributed by atoms with E-state index in [-0.39, 0.29) is 16.5 Å². The minimum absolute atomic E-state index is 0.0262. The number of carbonyl (C=O) groups is 1. The van der Waals surface area contributed by atoms with Crippen LogP contribution in [0.15, 0.2) is 30.3 Å². The highest BCUT2D eigenvalue weighted by molar-refractivity contribution is 6.34. The first-order valence-electron chi connectivity index (χ1n) is 5.41. The van der Waals surface area contributed by atoms with Crippen LogP contribution in [0.3, 0.4) is 0 Å². The molecule has 2 rings (SSSR count). The first-order chi connectivity index (χ1) is 9.52. The molecule has 4 N–H and O–H groups in total. The van der Waals surface area contributed by atoms with E-state index in [4.69, 9.17) is 17.4 Å². The van der Waals surface area contributed by atoms with Gasteiger partial charge in [-0.1, -0.05) is 17.7 Å². The Bertz CT molecular complexity index is 646. The van der Waals surface area contributed by atoms with Gasteiger partial charge in [0.15, 0.2) is 0 Å². The minimum Gasteiger partial charge on any atom is -0.316 e. The molecule has 0 unspecified atom stereocenters. The molecule has 0 aliphatic heterocycles. The van der Waals surface area contributed by atoms with Crippen LogP contribution in [0.4, 0.5) is 20.3 Å². The van der Waals surface area contributed by atoms with Crippen molar-refractivity contribution in [3.05, 3.63) is 52.7 Å². The van der Waals surface area contributed by atoms with Gasteiger partial charge in [0, 0.05) is 0 Å². The highest BCUT2D eigenvalue weighted by Gasteiger charge is 2.17. The molecule has 0 spiro atoms. The normalized spacial score (nSPS) is 10.2. The van der Waals surface area contributed by atoms with Gasteiger partial charge in [0.2, 0.25) is 0 Å². The number of nitrogen functional groups attached to an aromatic ring is 1. The molecule has 0 bridgehead atoms. The Morgan fingerprint density at radius 1 is 1.20 bits per heavy atom. The first-order valence-corrected chi connectivity index (χ1v) is 5.79. The van der Waals surface area contributed by atoms with Gasteiger partial charge in [0.25, 0.3) is 5.91 Å². The zero-order valence-electron chi connectivity index (χ0n) is 9.95. The van der Waals surface area contributed by atoms with Gasteiger partial charge in [0.05, 0.1) is 5.02 Å². The van der Waals surface area contributed by atoms with E-state index in [1.54, 1.807) is 0 Å². The van der Waals surface area contributed by atoms with Crippen LogP contribution >= 0.6 is 11.6 Å². The Morgan fingerprint density at radius 2 is 1.85 bits per heavy atom. The quantitative estimate of drug-likeness (QED) is 0.601. The lowest BCUT2D eigenvalue weighted by Crippen LogP contribution is -2.18. The van der Waals surface area contributed by atoms with Crippen LogP contribution in [0.25, 0.3) is 0 Å². The Morgan fingerprint density at radius 3 is 2.45 bits per heavy atom. The molecule has 0 radical (unpaired) electrons.